The SMILES string of the molecule is Nc1c(Cl)cc(C(=O)CCC2C3CNCC23)c2ncccc12. The van der Waals surface area contributed by atoms with E-state index < -0.39 is 0 Å². The number of piperidine rings is 1. The lowest BCUT2D eigenvalue weighted by Gasteiger charge is -2.09. The number of ketones is 1. The molecule has 2 heterocycles. The van der Waals surface area contributed by atoms with Crippen LogP contribution in [0.3, 0.4) is 0 Å². The topological polar surface area (TPSA) is 68.0 Å². The van der Waals surface area contributed by atoms with Gasteiger partial charge in [-0.15, -0.1) is 0 Å². The summed E-state index contributed by atoms with van der Waals surface area (Å²) >= 11 is 6.18. The van der Waals surface area contributed by atoms with Crippen LogP contribution in [0.5, 0.6) is 0 Å². The van der Waals surface area contributed by atoms with Crippen molar-refractivity contribution < 1.29 is 4.79 Å². The summed E-state index contributed by atoms with van der Waals surface area (Å²) in [6, 6.07) is 5.34. The maximum absolute atomic E-state index is 12.6. The Labute approximate surface area is 134 Å². The first-order valence-electron chi connectivity index (χ1n) is 7.73. The number of carbonyl (C=O) groups is 1. The molecule has 2 atom stereocenters. The van der Waals surface area contributed by atoms with Gasteiger partial charge in [-0.25, -0.2) is 0 Å². The second kappa shape index (κ2) is 5.21. The van der Waals surface area contributed by atoms with Gasteiger partial charge in [-0.3, -0.25) is 9.78 Å². The average molecular weight is 316 g/mol. The van der Waals surface area contributed by atoms with Crippen molar-refractivity contribution in [1.29, 1.82) is 0 Å². The first-order chi connectivity index (χ1) is 10.7. The van der Waals surface area contributed by atoms with E-state index in [1.54, 1.807) is 12.3 Å². The lowest BCUT2D eigenvalue weighted by Crippen LogP contribution is -2.15. The Balaban J connectivity index is 1.57. The smallest absolute Gasteiger partial charge is 0.165 e. The Bertz CT molecular complexity index is 751. The van der Waals surface area contributed by atoms with Crippen LogP contribution in [0.2, 0.25) is 5.02 Å². The summed E-state index contributed by atoms with van der Waals surface area (Å²) in [5, 5.41) is 4.57. The van der Waals surface area contributed by atoms with Crippen molar-refractivity contribution in [3.63, 3.8) is 0 Å². The van der Waals surface area contributed by atoms with Gasteiger partial charge in [0, 0.05) is 23.6 Å². The number of hydrogen-bond acceptors (Lipinski definition) is 4. The fraction of sp³-hybridized carbons (Fsp3) is 0.412. The molecule has 1 aromatic carbocycles. The van der Waals surface area contributed by atoms with Crippen LogP contribution < -0.4 is 11.1 Å². The average Bonchev–Trinajstić information content (AvgIpc) is 2.96. The Morgan fingerprint density at radius 2 is 2.18 bits per heavy atom. The molecule has 0 bridgehead atoms. The van der Waals surface area contributed by atoms with Crippen molar-refractivity contribution in [2.75, 3.05) is 18.8 Å². The quantitative estimate of drug-likeness (QED) is 0.672. The van der Waals surface area contributed by atoms with Crippen LogP contribution in [0.1, 0.15) is 23.2 Å². The molecular weight excluding hydrogens is 298 g/mol. The Hall–Kier alpha value is -1.65. The third-order valence-corrected chi connectivity index (χ3v) is 5.47. The minimum absolute atomic E-state index is 0.114. The first-order valence-corrected chi connectivity index (χ1v) is 8.11. The standard InChI is InChI=1S/C17H18ClN3O/c18-14-6-11(17-10(16(14)19)2-1-5-21-17)15(22)4-3-9-12-7-20-8-13(9)12/h1-2,5-6,9,12-13,20H,3-4,7-8,19H2. The second-order valence-corrected chi connectivity index (χ2v) is 6.74. The zero-order valence-corrected chi connectivity index (χ0v) is 12.9. The number of nitrogens with one attached hydrogen (secondary N) is 1. The molecule has 4 rings (SSSR count). The molecule has 0 spiro atoms. The molecule has 4 nitrogen and oxygen atoms in total. The third-order valence-electron chi connectivity index (χ3n) is 5.16. The molecule has 2 unspecified atom stereocenters. The summed E-state index contributed by atoms with van der Waals surface area (Å²) in [5.74, 6) is 2.41. The molecule has 2 aliphatic rings. The van der Waals surface area contributed by atoms with Crippen LogP contribution in [-0.4, -0.2) is 23.9 Å². The number of nitrogen functional groups attached to an aromatic ring is 1. The summed E-state index contributed by atoms with van der Waals surface area (Å²) in [6.07, 6.45) is 3.21. The minimum atomic E-state index is 0.114. The normalized spacial score (nSPS) is 26.1. The highest BCUT2D eigenvalue weighted by Gasteiger charge is 2.51. The fourth-order valence-corrected chi connectivity index (χ4v) is 4.07. The van der Waals surface area contributed by atoms with E-state index in [1.165, 1.54) is 0 Å². The Morgan fingerprint density at radius 3 is 2.95 bits per heavy atom. The van der Waals surface area contributed by atoms with Crippen molar-refractivity contribution >= 4 is 34.0 Å². The fourth-order valence-electron chi connectivity index (χ4n) is 3.86. The van der Waals surface area contributed by atoms with E-state index in [0.717, 1.165) is 36.7 Å². The molecule has 0 radical (unpaired) electrons. The highest BCUT2D eigenvalue weighted by Crippen LogP contribution is 2.51. The number of pyridine rings is 1. The van der Waals surface area contributed by atoms with Gasteiger partial charge in [-0.1, -0.05) is 11.6 Å². The van der Waals surface area contributed by atoms with E-state index in [2.05, 4.69) is 10.3 Å². The molecule has 1 aromatic heterocycles. The maximum atomic E-state index is 12.6. The number of Topliss-reactive ketones (excluding diaryl/α,β-unsaturated/α-hetero) is 1. The number of benzene rings is 1. The number of nitrogens with zero attached hydrogens (tertiary/aromatic N) is 1. The lowest BCUT2D eigenvalue weighted by molar-refractivity contribution is 0.0978. The van der Waals surface area contributed by atoms with Gasteiger partial charge < -0.3 is 11.1 Å². The number of halogens is 1. The number of hydrogen-bond donors (Lipinski definition) is 2. The zero-order chi connectivity index (χ0) is 15.3. The summed E-state index contributed by atoms with van der Waals surface area (Å²) < 4.78 is 0. The Morgan fingerprint density at radius 1 is 1.41 bits per heavy atom. The van der Waals surface area contributed by atoms with Crippen molar-refractivity contribution in [3.8, 4) is 0 Å². The minimum Gasteiger partial charge on any atom is -0.397 e. The highest BCUT2D eigenvalue weighted by molar-refractivity contribution is 6.35. The molecular formula is C17H18ClN3O. The molecule has 1 aliphatic heterocycles. The van der Waals surface area contributed by atoms with Crippen LogP contribution in [0.15, 0.2) is 24.4 Å². The first kappa shape index (κ1) is 14.0. The van der Waals surface area contributed by atoms with Gasteiger partial charge in [0.25, 0.3) is 0 Å². The van der Waals surface area contributed by atoms with Gasteiger partial charge in [0.05, 0.1) is 16.2 Å². The van der Waals surface area contributed by atoms with Crippen molar-refractivity contribution in [1.82, 2.24) is 10.3 Å². The molecule has 5 heteroatoms. The summed E-state index contributed by atoms with van der Waals surface area (Å²) in [5.41, 5.74) is 7.74. The highest BCUT2D eigenvalue weighted by atomic mass is 35.5. The lowest BCUT2D eigenvalue weighted by atomic mass is 10.00. The maximum Gasteiger partial charge on any atom is 0.165 e. The Kier molecular flexibility index (Phi) is 3.31. The number of carbonyl (C=O) groups excluding carboxylic acids is 1. The molecule has 2 aromatic rings. The predicted octanol–water partition coefficient (Wildman–Crippen LogP) is 2.90. The molecule has 1 aliphatic carbocycles. The molecule has 1 saturated carbocycles. The number of anilines is 1. The van der Waals surface area contributed by atoms with Crippen LogP contribution in [0, 0.1) is 17.8 Å². The summed E-state index contributed by atoms with van der Waals surface area (Å²) in [7, 11) is 0. The number of nitrogens with two attached hydrogens (primary N) is 1. The van der Waals surface area contributed by atoms with E-state index in [-0.39, 0.29) is 5.78 Å². The van der Waals surface area contributed by atoms with Crippen molar-refractivity contribution in [3.05, 3.63) is 35.0 Å². The van der Waals surface area contributed by atoms with Gasteiger partial charge in [-0.2, -0.15) is 0 Å². The van der Waals surface area contributed by atoms with E-state index in [4.69, 9.17) is 17.3 Å². The predicted molar refractivity (Wildman–Crippen MR) is 88.1 cm³/mol. The van der Waals surface area contributed by atoms with Gasteiger partial charge in [0.1, 0.15) is 0 Å². The van der Waals surface area contributed by atoms with Crippen molar-refractivity contribution in [2.45, 2.75) is 12.8 Å². The summed E-state index contributed by atoms with van der Waals surface area (Å²) in [4.78, 5) is 17.0. The third kappa shape index (κ3) is 2.18. The van der Waals surface area contributed by atoms with E-state index in [1.807, 2.05) is 12.1 Å². The van der Waals surface area contributed by atoms with Gasteiger partial charge in [0.15, 0.2) is 5.78 Å². The molecule has 22 heavy (non-hydrogen) atoms. The molecule has 2 fully saturated rings. The van der Waals surface area contributed by atoms with Crippen LogP contribution in [0.4, 0.5) is 5.69 Å². The molecule has 1 saturated heterocycles. The van der Waals surface area contributed by atoms with E-state index >= 15 is 0 Å². The van der Waals surface area contributed by atoms with E-state index in [9.17, 15) is 4.79 Å². The van der Waals surface area contributed by atoms with Crippen LogP contribution >= 0.6 is 11.6 Å². The molecule has 3 N–H and O–H groups in total. The second-order valence-electron chi connectivity index (χ2n) is 6.33. The number of fused-ring (bicyclic) bond motifs is 2. The number of aromatic nitrogens is 1. The molecule has 0 amide bonds. The van der Waals surface area contributed by atoms with Gasteiger partial charge in [-0.05, 0) is 55.5 Å². The van der Waals surface area contributed by atoms with Gasteiger partial charge in [0.2, 0.25) is 0 Å². The molecule has 114 valence electrons. The zero-order valence-electron chi connectivity index (χ0n) is 12.2. The largest absolute Gasteiger partial charge is 0.397 e. The van der Waals surface area contributed by atoms with E-state index in [0.29, 0.717) is 34.1 Å². The van der Waals surface area contributed by atoms with Gasteiger partial charge >= 0.3 is 0 Å². The monoisotopic (exact) mass is 315 g/mol. The summed E-state index contributed by atoms with van der Waals surface area (Å²) in [6.45, 7) is 2.23. The van der Waals surface area contributed by atoms with Crippen molar-refractivity contribution in [2.24, 2.45) is 17.8 Å². The van der Waals surface area contributed by atoms with Crippen LogP contribution in [-0.2, 0) is 0 Å². The van der Waals surface area contributed by atoms with Crippen LogP contribution in [0.25, 0.3) is 10.9 Å². The number of rotatable bonds is 4.